The zero-order valence-corrected chi connectivity index (χ0v) is 18.9. The lowest BCUT2D eigenvalue weighted by Crippen LogP contribution is -2.16. The van der Waals surface area contributed by atoms with Gasteiger partial charge < -0.3 is 10.3 Å². The maximum atomic E-state index is 12.5. The van der Waals surface area contributed by atoms with E-state index in [1.54, 1.807) is 13.0 Å². The van der Waals surface area contributed by atoms with Crippen molar-refractivity contribution in [3.05, 3.63) is 52.3 Å². The predicted molar refractivity (Wildman–Crippen MR) is 124 cm³/mol. The number of para-hydroxylation sites is 1. The van der Waals surface area contributed by atoms with Crippen LogP contribution in [0.15, 0.2) is 41.7 Å². The number of rotatable bonds is 6. The van der Waals surface area contributed by atoms with E-state index in [4.69, 9.17) is 23.2 Å². The van der Waals surface area contributed by atoms with Crippen LogP contribution in [0.3, 0.4) is 0 Å². The van der Waals surface area contributed by atoms with Crippen LogP contribution in [-0.4, -0.2) is 36.4 Å². The van der Waals surface area contributed by atoms with E-state index in [-0.39, 0.29) is 11.7 Å². The van der Waals surface area contributed by atoms with E-state index in [2.05, 4.69) is 36.1 Å². The summed E-state index contributed by atoms with van der Waals surface area (Å²) in [6.45, 7) is 1.76. The van der Waals surface area contributed by atoms with Crippen molar-refractivity contribution >= 4 is 57.6 Å². The molecule has 31 heavy (non-hydrogen) atoms. The topological polar surface area (TPSA) is 88.5 Å². The molecule has 1 fully saturated rings. The number of benzene rings is 1. The van der Waals surface area contributed by atoms with Crippen molar-refractivity contribution in [1.29, 1.82) is 0 Å². The SMILES string of the molecule is Cc1nc(NC(=O)CSc2nnc(-c3c[nH]c4ccccc34)n2C2CC2)c(Cl)cc1Cl. The molecule has 0 aliphatic heterocycles. The minimum Gasteiger partial charge on any atom is -0.360 e. The standard InChI is InChI=1S/C21H18Cl2N6OS/c1-11-15(22)8-16(23)19(25-11)26-18(30)10-31-21-28-27-20(29(21)12-6-7-12)14-9-24-17-5-3-2-4-13(14)17/h2-5,8-9,12,24H,6-7,10H2,1H3,(H,25,26,30). The summed E-state index contributed by atoms with van der Waals surface area (Å²) >= 11 is 13.5. The number of amides is 1. The van der Waals surface area contributed by atoms with Gasteiger partial charge in [-0.25, -0.2) is 4.98 Å². The summed E-state index contributed by atoms with van der Waals surface area (Å²) in [4.78, 5) is 20.1. The Morgan fingerprint density at radius 2 is 2.06 bits per heavy atom. The van der Waals surface area contributed by atoms with Crippen LogP contribution < -0.4 is 5.32 Å². The van der Waals surface area contributed by atoms with Crippen LogP contribution in [-0.2, 0) is 4.79 Å². The Morgan fingerprint density at radius 3 is 2.87 bits per heavy atom. The van der Waals surface area contributed by atoms with E-state index in [0.717, 1.165) is 40.3 Å². The number of anilines is 1. The van der Waals surface area contributed by atoms with E-state index < -0.39 is 0 Å². The van der Waals surface area contributed by atoms with Gasteiger partial charge in [0.05, 0.1) is 21.5 Å². The van der Waals surface area contributed by atoms with E-state index in [1.165, 1.54) is 11.8 Å². The van der Waals surface area contributed by atoms with Crippen LogP contribution in [0.1, 0.15) is 24.6 Å². The Kier molecular flexibility index (Phi) is 5.37. The Morgan fingerprint density at radius 1 is 1.26 bits per heavy atom. The second kappa shape index (κ2) is 8.18. The molecule has 5 rings (SSSR count). The predicted octanol–water partition coefficient (Wildman–Crippen LogP) is 5.50. The van der Waals surface area contributed by atoms with Crippen LogP contribution in [0.25, 0.3) is 22.3 Å². The first-order valence-electron chi connectivity index (χ1n) is 9.78. The fourth-order valence-electron chi connectivity index (χ4n) is 3.42. The molecule has 7 nitrogen and oxygen atoms in total. The molecule has 1 aromatic carbocycles. The lowest BCUT2D eigenvalue weighted by Gasteiger charge is -2.10. The highest BCUT2D eigenvalue weighted by Gasteiger charge is 2.31. The lowest BCUT2D eigenvalue weighted by atomic mass is 10.1. The van der Waals surface area contributed by atoms with Crippen LogP contribution in [0.4, 0.5) is 5.82 Å². The van der Waals surface area contributed by atoms with Gasteiger partial charge in [-0.1, -0.05) is 53.2 Å². The van der Waals surface area contributed by atoms with Crippen molar-refractivity contribution in [2.24, 2.45) is 0 Å². The number of halogens is 2. The summed E-state index contributed by atoms with van der Waals surface area (Å²) in [5.41, 5.74) is 2.67. The smallest absolute Gasteiger partial charge is 0.236 e. The van der Waals surface area contributed by atoms with Gasteiger partial charge in [0, 0.05) is 28.7 Å². The highest BCUT2D eigenvalue weighted by atomic mass is 35.5. The minimum absolute atomic E-state index is 0.165. The number of H-pyrrole nitrogens is 1. The van der Waals surface area contributed by atoms with E-state index >= 15 is 0 Å². The van der Waals surface area contributed by atoms with Gasteiger partial charge in [-0.3, -0.25) is 9.36 Å². The molecule has 158 valence electrons. The molecule has 4 aromatic rings. The summed E-state index contributed by atoms with van der Waals surface area (Å²) in [5, 5.41) is 14.2. The summed E-state index contributed by atoms with van der Waals surface area (Å²) < 4.78 is 2.14. The summed E-state index contributed by atoms with van der Waals surface area (Å²) in [6.07, 6.45) is 4.12. The van der Waals surface area contributed by atoms with Gasteiger partial charge in [0.2, 0.25) is 5.91 Å². The number of carbonyl (C=O) groups excluding carboxylic acids is 1. The third-order valence-corrected chi connectivity index (χ3v) is 6.72. The summed E-state index contributed by atoms with van der Waals surface area (Å²) in [5.74, 6) is 1.07. The number of carbonyl (C=O) groups is 1. The average molecular weight is 473 g/mol. The van der Waals surface area contributed by atoms with Crippen molar-refractivity contribution in [2.45, 2.75) is 31.0 Å². The van der Waals surface area contributed by atoms with Crippen LogP contribution in [0, 0.1) is 6.92 Å². The normalized spacial score (nSPS) is 13.6. The van der Waals surface area contributed by atoms with Gasteiger partial charge >= 0.3 is 0 Å². The number of nitrogens with one attached hydrogen (secondary N) is 2. The highest BCUT2D eigenvalue weighted by molar-refractivity contribution is 7.99. The molecule has 1 saturated carbocycles. The summed E-state index contributed by atoms with van der Waals surface area (Å²) in [7, 11) is 0. The molecule has 0 atom stereocenters. The number of fused-ring (bicyclic) bond motifs is 1. The number of aromatic amines is 1. The first-order chi connectivity index (χ1) is 15.0. The number of hydrogen-bond acceptors (Lipinski definition) is 5. The zero-order valence-electron chi connectivity index (χ0n) is 16.5. The van der Waals surface area contributed by atoms with Crippen LogP contribution in [0.2, 0.25) is 10.0 Å². The van der Waals surface area contributed by atoms with E-state index in [0.29, 0.717) is 27.6 Å². The number of aromatic nitrogens is 5. The third-order valence-electron chi connectivity index (χ3n) is 5.10. The Balaban J connectivity index is 1.36. The average Bonchev–Trinajstić information content (AvgIpc) is 3.36. The minimum atomic E-state index is -0.222. The summed E-state index contributed by atoms with van der Waals surface area (Å²) in [6, 6.07) is 10.0. The van der Waals surface area contributed by atoms with Crippen molar-refractivity contribution in [3.8, 4) is 11.4 Å². The maximum Gasteiger partial charge on any atom is 0.236 e. The van der Waals surface area contributed by atoms with Crippen molar-refractivity contribution in [1.82, 2.24) is 24.7 Å². The molecule has 2 N–H and O–H groups in total. The molecule has 10 heteroatoms. The van der Waals surface area contributed by atoms with Crippen molar-refractivity contribution in [3.63, 3.8) is 0 Å². The third kappa shape index (κ3) is 4.03. The first kappa shape index (κ1) is 20.4. The Hall–Kier alpha value is -2.55. The molecule has 1 aliphatic rings. The number of thioether (sulfide) groups is 1. The van der Waals surface area contributed by atoms with Gasteiger partial charge in [-0.15, -0.1) is 10.2 Å². The molecule has 1 aliphatic carbocycles. The van der Waals surface area contributed by atoms with Gasteiger partial charge in [-0.2, -0.15) is 0 Å². The quantitative estimate of drug-likeness (QED) is 0.361. The number of pyridine rings is 1. The zero-order chi connectivity index (χ0) is 21.5. The van der Waals surface area contributed by atoms with Crippen LogP contribution >= 0.6 is 35.0 Å². The fourth-order valence-corrected chi connectivity index (χ4v) is 4.63. The molecule has 0 radical (unpaired) electrons. The van der Waals surface area contributed by atoms with E-state index in [9.17, 15) is 4.79 Å². The van der Waals surface area contributed by atoms with E-state index in [1.807, 2.05) is 24.4 Å². The van der Waals surface area contributed by atoms with Gasteiger partial charge in [0.15, 0.2) is 16.8 Å². The van der Waals surface area contributed by atoms with Gasteiger partial charge in [0.1, 0.15) is 0 Å². The first-order valence-corrected chi connectivity index (χ1v) is 11.5. The monoisotopic (exact) mass is 472 g/mol. The van der Waals surface area contributed by atoms with Gasteiger partial charge in [0.25, 0.3) is 0 Å². The Bertz CT molecular complexity index is 1300. The second-order valence-electron chi connectivity index (χ2n) is 7.38. The molecule has 0 saturated heterocycles. The Labute approximate surface area is 192 Å². The molecular weight excluding hydrogens is 455 g/mol. The largest absolute Gasteiger partial charge is 0.360 e. The molecule has 0 spiro atoms. The number of nitrogens with zero attached hydrogens (tertiary/aromatic N) is 4. The number of aryl methyl sites for hydroxylation is 1. The molecule has 3 heterocycles. The second-order valence-corrected chi connectivity index (χ2v) is 9.14. The van der Waals surface area contributed by atoms with Crippen molar-refractivity contribution < 1.29 is 4.79 Å². The molecule has 0 bridgehead atoms. The maximum absolute atomic E-state index is 12.5. The van der Waals surface area contributed by atoms with Crippen molar-refractivity contribution in [2.75, 3.05) is 11.1 Å². The number of hydrogen-bond donors (Lipinski definition) is 2. The molecule has 1 amide bonds. The molecular formula is C21H18Cl2N6OS. The molecule has 0 unspecified atom stereocenters. The molecule has 3 aromatic heterocycles. The fraction of sp³-hybridized carbons (Fsp3) is 0.238. The lowest BCUT2D eigenvalue weighted by molar-refractivity contribution is -0.113. The highest BCUT2D eigenvalue weighted by Crippen LogP contribution is 2.42. The van der Waals surface area contributed by atoms with Gasteiger partial charge in [-0.05, 0) is 31.9 Å². The van der Waals surface area contributed by atoms with Crippen LogP contribution in [0.5, 0.6) is 0 Å².